The fraction of sp³-hybridized carbons (Fsp3) is 0.304. The Morgan fingerprint density at radius 2 is 2.08 bits per heavy atom. The van der Waals surface area contributed by atoms with Crippen LogP contribution in [0.2, 0.25) is 0 Å². The third-order valence-corrected chi connectivity index (χ3v) is 6.42. The van der Waals surface area contributed by atoms with E-state index in [1.54, 1.807) is 16.8 Å². The summed E-state index contributed by atoms with van der Waals surface area (Å²) in [6, 6.07) is 7.93. The number of fused-ring (bicyclic) bond motifs is 4. The first-order chi connectivity index (χ1) is 17.5. The third kappa shape index (κ3) is 3.69. The lowest BCUT2D eigenvalue weighted by atomic mass is 10.1. The molecule has 0 unspecified atom stereocenters. The molecule has 6 rings (SSSR count). The number of imidazole rings is 2. The molecule has 1 saturated heterocycles. The van der Waals surface area contributed by atoms with Gasteiger partial charge >= 0.3 is 6.09 Å². The molecular formula is C23H24N8O5. The average Bonchev–Trinajstić information content (AvgIpc) is 3.66. The Morgan fingerprint density at radius 3 is 2.97 bits per heavy atom. The van der Waals surface area contributed by atoms with Gasteiger partial charge in [0.1, 0.15) is 24.9 Å². The number of aliphatic hydroxyl groups is 2. The number of nitrogens with one attached hydrogen (secondary N) is 2. The maximum Gasteiger partial charge on any atom is 0.407 e. The molecule has 13 heteroatoms. The number of hydrogen-bond donors (Lipinski definition) is 5. The zero-order valence-corrected chi connectivity index (χ0v) is 19.0. The Morgan fingerprint density at radius 1 is 1.22 bits per heavy atom. The van der Waals surface area contributed by atoms with Gasteiger partial charge in [-0.05, 0) is 18.1 Å². The standard InChI is InChI=1S/C23H24N8O5/c24-22-29-20-16(19-25-7-8-30(19)22)28-11-31(20)21-18(33)17(32)15(36-21)10-35-23(34)26-6-5-12-9-27-14-4-2-1-3-13(12)14/h1-4,7-9,11,15,17-18,21,27,32-33H,5-6,10H2,(H2,24,29)(H,26,34)/t15-,17-,18-,21-/m1/s1. The van der Waals surface area contributed by atoms with Crippen molar-refractivity contribution >= 4 is 39.8 Å². The first-order valence-corrected chi connectivity index (χ1v) is 11.4. The first-order valence-electron chi connectivity index (χ1n) is 11.4. The van der Waals surface area contributed by atoms with E-state index in [9.17, 15) is 15.0 Å². The van der Waals surface area contributed by atoms with Gasteiger partial charge in [0.25, 0.3) is 0 Å². The molecule has 4 atom stereocenters. The number of aromatic nitrogens is 6. The molecule has 0 saturated carbocycles. The van der Waals surface area contributed by atoms with E-state index in [1.165, 1.54) is 10.9 Å². The van der Waals surface area contributed by atoms with Crippen molar-refractivity contribution in [2.45, 2.75) is 31.0 Å². The Labute approximate surface area is 203 Å². The largest absolute Gasteiger partial charge is 0.447 e. The normalized spacial score (nSPS) is 22.1. The number of nitrogen functional groups attached to an aromatic ring is 1. The zero-order valence-electron chi connectivity index (χ0n) is 19.0. The summed E-state index contributed by atoms with van der Waals surface area (Å²) in [5, 5.41) is 25.0. The Balaban J connectivity index is 1.08. The molecule has 4 aromatic heterocycles. The lowest BCUT2D eigenvalue weighted by molar-refractivity contribution is -0.0532. The zero-order chi connectivity index (χ0) is 24.8. The summed E-state index contributed by atoms with van der Waals surface area (Å²) in [5.74, 6) is 0.189. The molecule has 36 heavy (non-hydrogen) atoms. The molecule has 1 aliphatic heterocycles. The number of aromatic amines is 1. The van der Waals surface area contributed by atoms with Crippen LogP contribution in [0.3, 0.4) is 0 Å². The maximum atomic E-state index is 12.2. The number of ether oxygens (including phenoxy) is 2. The van der Waals surface area contributed by atoms with Gasteiger partial charge in [-0.25, -0.2) is 14.8 Å². The lowest BCUT2D eigenvalue weighted by Gasteiger charge is -2.16. The number of aliphatic hydroxyl groups excluding tert-OH is 2. The van der Waals surface area contributed by atoms with Gasteiger partial charge in [-0.2, -0.15) is 4.98 Å². The molecule has 5 aromatic rings. The number of amides is 1. The minimum absolute atomic E-state index is 0.189. The van der Waals surface area contributed by atoms with Gasteiger partial charge in [0.05, 0.1) is 6.33 Å². The first kappa shape index (κ1) is 22.3. The van der Waals surface area contributed by atoms with Crippen LogP contribution in [-0.4, -0.2) is 76.7 Å². The number of carbonyl (C=O) groups excluding carboxylic acids is 1. The van der Waals surface area contributed by atoms with Crippen molar-refractivity contribution in [2.24, 2.45) is 0 Å². The molecule has 1 aromatic carbocycles. The number of rotatable bonds is 6. The molecule has 1 aliphatic rings. The summed E-state index contributed by atoms with van der Waals surface area (Å²) < 4.78 is 14.2. The van der Waals surface area contributed by atoms with Gasteiger partial charge in [0, 0.05) is 36.0 Å². The van der Waals surface area contributed by atoms with Crippen molar-refractivity contribution in [2.75, 3.05) is 18.9 Å². The Bertz CT molecular complexity index is 1560. The summed E-state index contributed by atoms with van der Waals surface area (Å²) in [7, 11) is 0. The topological polar surface area (TPSA) is 178 Å². The third-order valence-electron chi connectivity index (χ3n) is 6.42. The van der Waals surface area contributed by atoms with Crippen molar-refractivity contribution in [1.29, 1.82) is 0 Å². The van der Waals surface area contributed by atoms with Crippen molar-refractivity contribution in [3.05, 3.63) is 54.7 Å². The quantitative estimate of drug-likeness (QED) is 0.228. The highest BCUT2D eigenvalue weighted by Crippen LogP contribution is 2.32. The summed E-state index contributed by atoms with van der Waals surface area (Å²) in [6.07, 6.45) is 2.02. The fourth-order valence-corrected chi connectivity index (χ4v) is 4.58. The van der Waals surface area contributed by atoms with Crippen LogP contribution in [-0.2, 0) is 15.9 Å². The summed E-state index contributed by atoms with van der Waals surface area (Å²) >= 11 is 0. The van der Waals surface area contributed by atoms with Crippen molar-refractivity contribution in [1.82, 2.24) is 34.2 Å². The van der Waals surface area contributed by atoms with E-state index in [0.29, 0.717) is 29.8 Å². The van der Waals surface area contributed by atoms with Crippen LogP contribution in [0, 0.1) is 0 Å². The van der Waals surface area contributed by atoms with Crippen LogP contribution in [0.5, 0.6) is 0 Å². The molecule has 1 fully saturated rings. The highest BCUT2D eigenvalue weighted by molar-refractivity contribution is 5.87. The number of anilines is 1. The average molecular weight is 492 g/mol. The molecule has 6 N–H and O–H groups in total. The van der Waals surface area contributed by atoms with Gasteiger partial charge in [-0.3, -0.25) is 8.97 Å². The number of alkyl carbamates (subject to hydrolysis) is 1. The van der Waals surface area contributed by atoms with E-state index in [1.807, 2.05) is 30.5 Å². The van der Waals surface area contributed by atoms with Gasteiger partial charge in [-0.1, -0.05) is 18.2 Å². The minimum Gasteiger partial charge on any atom is -0.447 e. The molecule has 13 nitrogen and oxygen atoms in total. The van der Waals surface area contributed by atoms with E-state index in [2.05, 4.69) is 25.3 Å². The highest BCUT2D eigenvalue weighted by Gasteiger charge is 2.45. The van der Waals surface area contributed by atoms with Crippen LogP contribution < -0.4 is 11.1 Å². The van der Waals surface area contributed by atoms with Gasteiger partial charge in [0.2, 0.25) is 5.95 Å². The molecule has 186 valence electrons. The van der Waals surface area contributed by atoms with Crippen LogP contribution in [0.4, 0.5) is 10.7 Å². The summed E-state index contributed by atoms with van der Waals surface area (Å²) in [4.78, 5) is 28.3. The smallest absolute Gasteiger partial charge is 0.407 e. The number of para-hydroxylation sites is 1. The molecule has 1 amide bonds. The van der Waals surface area contributed by atoms with Crippen LogP contribution in [0.15, 0.2) is 49.2 Å². The van der Waals surface area contributed by atoms with Gasteiger partial charge in [-0.15, -0.1) is 0 Å². The number of H-pyrrole nitrogens is 1. The van der Waals surface area contributed by atoms with Crippen LogP contribution in [0.1, 0.15) is 11.8 Å². The van der Waals surface area contributed by atoms with E-state index in [0.717, 1.165) is 16.5 Å². The fourth-order valence-electron chi connectivity index (χ4n) is 4.58. The van der Waals surface area contributed by atoms with Crippen LogP contribution >= 0.6 is 0 Å². The van der Waals surface area contributed by atoms with E-state index in [4.69, 9.17) is 15.2 Å². The number of nitrogens with two attached hydrogens (primary N) is 1. The number of benzene rings is 1. The van der Waals surface area contributed by atoms with E-state index >= 15 is 0 Å². The SMILES string of the molecule is Nc1nc2c(ncn2[C@@H]2O[C@H](COC(=O)NCCc3c[nH]c4ccccc34)[C@@H](O)[C@H]2O)c2nccn12. The van der Waals surface area contributed by atoms with Crippen LogP contribution in [0.25, 0.3) is 27.7 Å². The monoisotopic (exact) mass is 492 g/mol. The predicted molar refractivity (Wildman–Crippen MR) is 128 cm³/mol. The molecule has 0 spiro atoms. The predicted octanol–water partition coefficient (Wildman–Crippen LogP) is 0.731. The molecule has 0 aliphatic carbocycles. The molecule has 0 radical (unpaired) electrons. The van der Waals surface area contributed by atoms with Gasteiger partial charge < -0.3 is 35.7 Å². The molecular weight excluding hydrogens is 468 g/mol. The Kier molecular flexibility index (Phi) is 5.44. The van der Waals surface area contributed by atoms with Crippen molar-refractivity contribution < 1.29 is 24.5 Å². The van der Waals surface area contributed by atoms with Gasteiger partial charge in [0.15, 0.2) is 23.0 Å². The van der Waals surface area contributed by atoms with Crippen molar-refractivity contribution in [3.63, 3.8) is 0 Å². The Hall–Kier alpha value is -4.20. The maximum absolute atomic E-state index is 12.2. The summed E-state index contributed by atoms with van der Waals surface area (Å²) in [6.45, 7) is 0.122. The second kappa shape index (κ2) is 8.78. The number of hydrogen-bond acceptors (Lipinski definition) is 9. The second-order valence-electron chi connectivity index (χ2n) is 8.60. The number of nitrogens with zero attached hydrogens (tertiary/aromatic N) is 5. The second-order valence-corrected chi connectivity index (χ2v) is 8.60. The molecule has 0 bridgehead atoms. The van der Waals surface area contributed by atoms with E-state index < -0.39 is 30.6 Å². The number of carbonyl (C=O) groups is 1. The molecule has 5 heterocycles. The van der Waals surface area contributed by atoms with E-state index in [-0.39, 0.29) is 12.6 Å². The van der Waals surface area contributed by atoms with Crippen molar-refractivity contribution in [3.8, 4) is 0 Å². The minimum atomic E-state index is -1.31. The highest BCUT2D eigenvalue weighted by atomic mass is 16.6. The lowest BCUT2D eigenvalue weighted by Crippen LogP contribution is -2.36. The summed E-state index contributed by atoms with van der Waals surface area (Å²) in [5.41, 5.74) is 9.45.